The Morgan fingerprint density at radius 1 is 1.25 bits per heavy atom. The van der Waals surface area contributed by atoms with Crippen molar-refractivity contribution in [3.05, 3.63) is 12.2 Å². The number of carbonyl (C=O) groups is 3. The highest BCUT2D eigenvalue weighted by Gasteiger charge is 1.90. The number of amides is 1. The Morgan fingerprint density at radius 2 is 1.50 bits per heavy atom. The minimum atomic E-state index is -0.935. The fourth-order valence-corrected chi connectivity index (χ4v) is 0.142. The number of aliphatic carboxylic acids is 2. The molecule has 0 aliphatic carbocycles. The van der Waals surface area contributed by atoms with Crippen molar-refractivity contribution in [2.75, 3.05) is 6.61 Å². The third-order valence-corrected chi connectivity index (χ3v) is 0.652. The molecule has 0 saturated carbocycles. The van der Waals surface area contributed by atoms with Crippen LogP contribution in [0.1, 0.15) is 20.8 Å². The predicted octanol–water partition coefficient (Wildman–Crippen LogP) is 0.840. The molecular formula is C9H17NO6. The van der Waals surface area contributed by atoms with Crippen LogP contribution in [0.15, 0.2) is 12.2 Å². The molecule has 0 aromatic heterocycles. The Morgan fingerprint density at radius 3 is 1.50 bits per heavy atom. The molecule has 0 unspecified atom stereocenters. The topological polar surface area (TPSA) is 127 Å². The van der Waals surface area contributed by atoms with Crippen LogP contribution >= 0.6 is 0 Å². The molecule has 7 nitrogen and oxygen atoms in total. The Balaban J connectivity index is -0.000000162. The maximum Gasteiger partial charge on any atom is 0.404 e. The maximum atomic E-state index is 9.60. The van der Waals surface area contributed by atoms with Crippen molar-refractivity contribution in [1.82, 2.24) is 0 Å². The van der Waals surface area contributed by atoms with E-state index < -0.39 is 18.0 Å². The number of nitrogens with two attached hydrogens (primary N) is 1. The highest BCUT2D eigenvalue weighted by Crippen LogP contribution is 1.81. The SMILES string of the molecule is C=C(C)C(=O)O.CC(=O)O.CCOC(N)=O. The van der Waals surface area contributed by atoms with E-state index in [1.807, 2.05) is 0 Å². The molecule has 0 aliphatic heterocycles. The minimum absolute atomic E-state index is 0.176. The van der Waals surface area contributed by atoms with Crippen molar-refractivity contribution in [2.24, 2.45) is 5.73 Å². The molecule has 0 aromatic rings. The number of ether oxygens (including phenoxy) is 1. The fourth-order valence-electron chi connectivity index (χ4n) is 0.142. The predicted molar refractivity (Wildman–Crippen MR) is 57.0 cm³/mol. The lowest BCUT2D eigenvalue weighted by atomic mass is 10.4. The summed E-state index contributed by atoms with van der Waals surface area (Å²) in [5.74, 6) is -1.77. The first-order chi connectivity index (χ1) is 7.14. The molecule has 0 fully saturated rings. The van der Waals surface area contributed by atoms with Crippen molar-refractivity contribution in [1.29, 1.82) is 0 Å². The van der Waals surface area contributed by atoms with Gasteiger partial charge in [0.25, 0.3) is 5.97 Å². The van der Waals surface area contributed by atoms with Gasteiger partial charge in [0, 0.05) is 12.5 Å². The van der Waals surface area contributed by atoms with Crippen molar-refractivity contribution >= 4 is 18.0 Å². The number of carboxylic acid groups (broad SMARTS) is 2. The lowest BCUT2D eigenvalue weighted by molar-refractivity contribution is -0.134. The van der Waals surface area contributed by atoms with Crippen LogP contribution in [0.25, 0.3) is 0 Å². The quantitative estimate of drug-likeness (QED) is 0.608. The van der Waals surface area contributed by atoms with E-state index in [4.69, 9.17) is 15.0 Å². The third kappa shape index (κ3) is 58.5. The molecule has 0 radical (unpaired) electrons. The molecule has 0 saturated heterocycles. The molecule has 0 aliphatic rings. The number of carbonyl (C=O) groups excluding carboxylic acids is 1. The van der Waals surface area contributed by atoms with Crippen LogP contribution in [0.3, 0.4) is 0 Å². The van der Waals surface area contributed by atoms with E-state index in [-0.39, 0.29) is 5.57 Å². The summed E-state index contributed by atoms with van der Waals surface area (Å²) in [6, 6.07) is 0. The van der Waals surface area contributed by atoms with Crippen molar-refractivity contribution < 1.29 is 29.3 Å². The number of carboxylic acids is 2. The lowest BCUT2D eigenvalue weighted by Crippen LogP contribution is -2.11. The fraction of sp³-hybridized carbons (Fsp3) is 0.444. The van der Waals surface area contributed by atoms with Gasteiger partial charge in [-0.1, -0.05) is 6.58 Å². The van der Waals surface area contributed by atoms with Crippen molar-refractivity contribution in [3.63, 3.8) is 0 Å². The van der Waals surface area contributed by atoms with E-state index in [0.717, 1.165) is 6.92 Å². The average Bonchev–Trinajstić information content (AvgIpc) is 2.03. The molecule has 94 valence electrons. The van der Waals surface area contributed by atoms with E-state index in [0.29, 0.717) is 6.61 Å². The van der Waals surface area contributed by atoms with Crippen LogP contribution in [-0.2, 0) is 14.3 Å². The van der Waals surface area contributed by atoms with Gasteiger partial charge in [0.05, 0.1) is 6.61 Å². The second-order valence-corrected chi connectivity index (χ2v) is 2.36. The van der Waals surface area contributed by atoms with E-state index >= 15 is 0 Å². The monoisotopic (exact) mass is 235 g/mol. The lowest BCUT2D eigenvalue weighted by Gasteiger charge is -1.89. The molecule has 0 atom stereocenters. The highest BCUT2D eigenvalue weighted by atomic mass is 16.5. The van der Waals surface area contributed by atoms with E-state index in [2.05, 4.69) is 17.0 Å². The minimum Gasteiger partial charge on any atom is -0.481 e. The molecule has 0 rings (SSSR count). The van der Waals surface area contributed by atoms with Gasteiger partial charge >= 0.3 is 12.1 Å². The molecule has 0 spiro atoms. The molecular weight excluding hydrogens is 218 g/mol. The Hall–Kier alpha value is -2.05. The highest BCUT2D eigenvalue weighted by molar-refractivity contribution is 5.84. The summed E-state index contributed by atoms with van der Waals surface area (Å²) in [5.41, 5.74) is 4.72. The first-order valence-electron chi connectivity index (χ1n) is 4.15. The zero-order chi connectivity index (χ0) is 13.7. The van der Waals surface area contributed by atoms with Crippen LogP contribution in [0.2, 0.25) is 0 Å². The van der Waals surface area contributed by atoms with Gasteiger partial charge in [0.2, 0.25) is 0 Å². The first-order valence-corrected chi connectivity index (χ1v) is 4.15. The second kappa shape index (κ2) is 12.9. The zero-order valence-electron chi connectivity index (χ0n) is 9.52. The molecule has 16 heavy (non-hydrogen) atoms. The van der Waals surface area contributed by atoms with Crippen LogP contribution in [0, 0.1) is 0 Å². The number of hydrogen-bond donors (Lipinski definition) is 3. The summed E-state index contributed by atoms with van der Waals surface area (Å²) < 4.78 is 4.18. The van der Waals surface area contributed by atoms with Gasteiger partial charge in [0.1, 0.15) is 0 Å². The summed E-state index contributed by atoms with van der Waals surface area (Å²) in [5, 5.41) is 15.3. The van der Waals surface area contributed by atoms with Crippen LogP contribution in [0.5, 0.6) is 0 Å². The molecule has 4 N–H and O–H groups in total. The van der Waals surface area contributed by atoms with Crippen molar-refractivity contribution in [2.45, 2.75) is 20.8 Å². The standard InChI is InChI=1S/C4H6O2.C3H7NO2.C2H4O2/c1-3(2)4(5)6;1-2-6-3(4)5;1-2(3)4/h1H2,2H3,(H,5,6);2H2,1H3,(H2,4,5);1H3,(H,3,4). The van der Waals surface area contributed by atoms with Gasteiger partial charge in [-0.15, -0.1) is 0 Å². The molecule has 7 heteroatoms. The first kappa shape index (κ1) is 19.5. The third-order valence-electron chi connectivity index (χ3n) is 0.652. The maximum absolute atomic E-state index is 9.60. The number of hydrogen-bond acceptors (Lipinski definition) is 4. The van der Waals surface area contributed by atoms with Gasteiger partial charge < -0.3 is 20.7 Å². The van der Waals surface area contributed by atoms with Crippen molar-refractivity contribution in [3.8, 4) is 0 Å². The van der Waals surface area contributed by atoms with Gasteiger partial charge in [-0.2, -0.15) is 0 Å². The molecule has 0 aromatic carbocycles. The van der Waals surface area contributed by atoms with Crippen LogP contribution in [-0.4, -0.2) is 34.9 Å². The Bertz CT molecular complexity index is 232. The van der Waals surface area contributed by atoms with E-state index in [9.17, 15) is 9.59 Å². The molecule has 1 amide bonds. The summed E-state index contributed by atoms with van der Waals surface area (Å²) in [4.78, 5) is 28.2. The number of primary amides is 1. The van der Waals surface area contributed by atoms with Gasteiger partial charge in [-0.25, -0.2) is 9.59 Å². The Kier molecular flexibility index (Phi) is 15.8. The van der Waals surface area contributed by atoms with E-state index in [1.165, 1.54) is 6.92 Å². The Labute approximate surface area is 93.5 Å². The van der Waals surface area contributed by atoms with Gasteiger partial charge in [0.15, 0.2) is 0 Å². The smallest absolute Gasteiger partial charge is 0.404 e. The molecule has 0 heterocycles. The summed E-state index contributed by atoms with van der Waals surface area (Å²) in [6.45, 7) is 7.74. The second-order valence-electron chi connectivity index (χ2n) is 2.36. The van der Waals surface area contributed by atoms with Crippen LogP contribution < -0.4 is 5.73 Å². The summed E-state index contributed by atoms with van der Waals surface area (Å²) in [7, 11) is 0. The van der Waals surface area contributed by atoms with Gasteiger partial charge in [-0.3, -0.25) is 4.79 Å². The normalized spacial score (nSPS) is 7.19. The summed E-state index contributed by atoms with van der Waals surface area (Å²) in [6.07, 6.45) is -0.711. The average molecular weight is 235 g/mol. The molecule has 0 bridgehead atoms. The van der Waals surface area contributed by atoms with Crippen LogP contribution in [0.4, 0.5) is 4.79 Å². The summed E-state index contributed by atoms with van der Waals surface area (Å²) >= 11 is 0. The van der Waals surface area contributed by atoms with Gasteiger partial charge in [-0.05, 0) is 13.8 Å². The largest absolute Gasteiger partial charge is 0.481 e. The zero-order valence-corrected chi connectivity index (χ0v) is 9.52. The van der Waals surface area contributed by atoms with E-state index in [1.54, 1.807) is 6.92 Å². The number of rotatable bonds is 2.